The van der Waals surface area contributed by atoms with Crippen LogP contribution in [0.25, 0.3) is 11.3 Å². The number of anilines is 1. The highest BCUT2D eigenvalue weighted by Crippen LogP contribution is 2.32. The number of benzene rings is 2. The Morgan fingerprint density at radius 2 is 1.63 bits per heavy atom. The van der Waals surface area contributed by atoms with Gasteiger partial charge in [-0.3, -0.25) is 4.68 Å². The number of hydrogen-bond acceptors (Lipinski definition) is 2. The number of aryl methyl sites for hydroxylation is 1. The van der Waals surface area contributed by atoms with Gasteiger partial charge in [-0.1, -0.05) is 12.1 Å². The second kappa shape index (κ2) is 6.98. The number of hydrogen-bond donors (Lipinski definition) is 1. The van der Waals surface area contributed by atoms with Gasteiger partial charge in [0.05, 0.1) is 11.4 Å². The van der Waals surface area contributed by atoms with Crippen LogP contribution in [0.4, 0.5) is 32.0 Å². The summed E-state index contributed by atoms with van der Waals surface area (Å²) in [5, 5.41) is 5.95. The number of nitrogens with zero attached hydrogens (tertiary/aromatic N) is 2. The van der Waals surface area contributed by atoms with Crippen molar-refractivity contribution >= 4 is 5.69 Å². The molecular weight excluding hydrogens is 372 g/mol. The van der Waals surface area contributed by atoms with Crippen LogP contribution >= 0.6 is 0 Å². The third kappa shape index (κ3) is 3.91. The topological polar surface area (TPSA) is 29.9 Å². The average Bonchev–Trinajstić information content (AvgIpc) is 2.98. The summed E-state index contributed by atoms with van der Waals surface area (Å²) >= 11 is 0. The Morgan fingerprint density at radius 3 is 2.19 bits per heavy atom. The van der Waals surface area contributed by atoms with Gasteiger partial charge in [-0.05, 0) is 30.3 Å². The molecule has 9 heteroatoms. The van der Waals surface area contributed by atoms with Crippen LogP contribution in [0.2, 0.25) is 0 Å². The Hall–Kier alpha value is -2.97. The summed E-state index contributed by atoms with van der Waals surface area (Å²) in [7, 11) is 1.32. The molecule has 0 unspecified atom stereocenters. The van der Waals surface area contributed by atoms with Crippen LogP contribution in [0.15, 0.2) is 42.5 Å². The molecule has 0 saturated heterocycles. The van der Waals surface area contributed by atoms with Gasteiger partial charge in [-0.25, -0.2) is 13.2 Å². The molecule has 0 bridgehead atoms. The maximum absolute atomic E-state index is 14.3. The van der Waals surface area contributed by atoms with E-state index in [-0.39, 0.29) is 29.1 Å². The van der Waals surface area contributed by atoms with E-state index in [1.165, 1.54) is 25.2 Å². The molecule has 0 saturated carbocycles. The molecule has 0 aliphatic rings. The zero-order valence-corrected chi connectivity index (χ0v) is 13.9. The summed E-state index contributed by atoms with van der Waals surface area (Å²) < 4.78 is 80.8. The van der Waals surface area contributed by atoms with Crippen LogP contribution in [-0.2, 0) is 19.8 Å². The van der Waals surface area contributed by atoms with Gasteiger partial charge >= 0.3 is 6.18 Å². The molecule has 0 radical (unpaired) electrons. The molecule has 27 heavy (non-hydrogen) atoms. The second-order valence-corrected chi connectivity index (χ2v) is 5.78. The van der Waals surface area contributed by atoms with Gasteiger partial charge in [0, 0.05) is 24.7 Å². The zero-order chi connectivity index (χ0) is 19.8. The first-order chi connectivity index (χ1) is 12.7. The standard InChI is InChI=1S/C18H13F6N3/c1-27-16(8-17(26-27)18(22,23)24)10-5-6-15(14(21)7-10)25-9-11-12(19)3-2-4-13(11)20/h2-8,25H,9H2,1H3. The number of aromatic nitrogens is 2. The zero-order valence-electron chi connectivity index (χ0n) is 13.9. The predicted octanol–water partition coefficient (Wildman–Crippen LogP) is 5.14. The molecule has 1 aromatic heterocycles. The molecule has 3 rings (SSSR count). The Balaban J connectivity index is 1.83. The fourth-order valence-corrected chi connectivity index (χ4v) is 2.58. The first-order valence-corrected chi connectivity index (χ1v) is 7.74. The highest BCUT2D eigenvalue weighted by atomic mass is 19.4. The van der Waals surface area contributed by atoms with E-state index in [1.54, 1.807) is 0 Å². The van der Waals surface area contributed by atoms with E-state index < -0.39 is 29.3 Å². The van der Waals surface area contributed by atoms with E-state index >= 15 is 0 Å². The Morgan fingerprint density at radius 1 is 0.963 bits per heavy atom. The second-order valence-electron chi connectivity index (χ2n) is 5.78. The molecule has 3 aromatic rings. The van der Waals surface area contributed by atoms with Crippen molar-refractivity contribution in [3.05, 3.63) is 71.2 Å². The van der Waals surface area contributed by atoms with E-state index in [4.69, 9.17) is 0 Å². The van der Waals surface area contributed by atoms with Crippen molar-refractivity contribution in [2.75, 3.05) is 5.32 Å². The molecule has 2 aromatic carbocycles. The largest absolute Gasteiger partial charge is 0.435 e. The normalized spacial score (nSPS) is 11.7. The molecule has 1 N–H and O–H groups in total. The molecule has 0 amide bonds. The van der Waals surface area contributed by atoms with Crippen molar-refractivity contribution in [3.63, 3.8) is 0 Å². The van der Waals surface area contributed by atoms with Gasteiger partial charge in [0.15, 0.2) is 5.69 Å². The predicted molar refractivity (Wildman–Crippen MR) is 87.3 cm³/mol. The average molecular weight is 385 g/mol. The summed E-state index contributed by atoms with van der Waals surface area (Å²) in [6, 6.07) is 7.89. The van der Waals surface area contributed by atoms with Crippen molar-refractivity contribution < 1.29 is 26.3 Å². The third-order valence-electron chi connectivity index (χ3n) is 3.95. The fourth-order valence-electron chi connectivity index (χ4n) is 2.58. The SMILES string of the molecule is Cn1nc(C(F)(F)F)cc1-c1ccc(NCc2c(F)cccc2F)c(F)c1. The minimum atomic E-state index is -4.61. The lowest BCUT2D eigenvalue weighted by Gasteiger charge is -2.11. The maximum atomic E-state index is 14.3. The molecule has 0 spiro atoms. The molecule has 0 aliphatic heterocycles. The van der Waals surface area contributed by atoms with Gasteiger partial charge in [0.2, 0.25) is 0 Å². The van der Waals surface area contributed by atoms with Crippen molar-refractivity contribution in [3.8, 4) is 11.3 Å². The number of nitrogens with one attached hydrogen (secondary N) is 1. The first-order valence-electron chi connectivity index (χ1n) is 7.74. The van der Waals surface area contributed by atoms with E-state index in [9.17, 15) is 26.3 Å². The summed E-state index contributed by atoms with van der Waals surface area (Å²) in [5.41, 5.74) is -1.12. The van der Waals surface area contributed by atoms with Gasteiger partial charge in [-0.2, -0.15) is 18.3 Å². The lowest BCUT2D eigenvalue weighted by atomic mass is 10.1. The molecule has 0 atom stereocenters. The lowest BCUT2D eigenvalue weighted by Crippen LogP contribution is -2.06. The minimum Gasteiger partial charge on any atom is -0.378 e. The molecule has 142 valence electrons. The first kappa shape index (κ1) is 18.8. The van der Waals surface area contributed by atoms with Crippen molar-refractivity contribution in [1.29, 1.82) is 0 Å². The van der Waals surface area contributed by atoms with Gasteiger partial charge in [0.1, 0.15) is 17.5 Å². The molecule has 1 heterocycles. The smallest absolute Gasteiger partial charge is 0.378 e. The molecule has 3 nitrogen and oxygen atoms in total. The highest BCUT2D eigenvalue weighted by molar-refractivity contribution is 5.64. The van der Waals surface area contributed by atoms with Crippen LogP contribution in [0, 0.1) is 17.5 Å². The van der Waals surface area contributed by atoms with Gasteiger partial charge in [0.25, 0.3) is 0 Å². The van der Waals surface area contributed by atoms with Crippen LogP contribution < -0.4 is 5.32 Å². The van der Waals surface area contributed by atoms with Crippen molar-refractivity contribution in [2.45, 2.75) is 12.7 Å². The summed E-state index contributed by atoms with van der Waals surface area (Å²) in [6.45, 7) is -0.293. The van der Waals surface area contributed by atoms with Crippen LogP contribution in [0.1, 0.15) is 11.3 Å². The molecule has 0 aliphatic carbocycles. The van der Waals surface area contributed by atoms with E-state index in [2.05, 4.69) is 10.4 Å². The Labute approximate surface area is 150 Å². The maximum Gasteiger partial charge on any atom is 0.435 e. The van der Waals surface area contributed by atoms with Crippen molar-refractivity contribution in [1.82, 2.24) is 9.78 Å². The summed E-state index contributed by atoms with van der Waals surface area (Å²) in [5.74, 6) is -2.32. The van der Waals surface area contributed by atoms with Crippen molar-refractivity contribution in [2.24, 2.45) is 7.05 Å². The fraction of sp³-hybridized carbons (Fsp3) is 0.167. The molecule has 0 fully saturated rings. The van der Waals surface area contributed by atoms with E-state index in [1.807, 2.05) is 0 Å². The van der Waals surface area contributed by atoms with Crippen LogP contribution in [-0.4, -0.2) is 9.78 Å². The lowest BCUT2D eigenvalue weighted by molar-refractivity contribution is -0.141. The van der Waals surface area contributed by atoms with Crippen LogP contribution in [0.5, 0.6) is 0 Å². The monoisotopic (exact) mass is 385 g/mol. The third-order valence-corrected chi connectivity index (χ3v) is 3.95. The quantitative estimate of drug-likeness (QED) is 0.631. The minimum absolute atomic E-state index is 0.0420. The van der Waals surface area contributed by atoms with Crippen LogP contribution in [0.3, 0.4) is 0 Å². The molecular formula is C18H13F6N3. The number of halogens is 6. The Bertz CT molecular complexity index is 957. The summed E-state index contributed by atoms with van der Waals surface area (Å²) in [6.07, 6.45) is -4.61. The van der Waals surface area contributed by atoms with Gasteiger partial charge < -0.3 is 5.32 Å². The number of alkyl halides is 3. The summed E-state index contributed by atoms with van der Waals surface area (Å²) in [4.78, 5) is 0. The van der Waals surface area contributed by atoms with E-state index in [0.717, 1.165) is 28.9 Å². The Kier molecular flexibility index (Phi) is 4.86. The number of rotatable bonds is 4. The highest BCUT2D eigenvalue weighted by Gasteiger charge is 2.34. The van der Waals surface area contributed by atoms with Gasteiger partial charge in [-0.15, -0.1) is 0 Å². The van der Waals surface area contributed by atoms with E-state index in [0.29, 0.717) is 0 Å².